The van der Waals surface area contributed by atoms with Crippen LogP contribution in [-0.2, 0) is 4.74 Å². The predicted molar refractivity (Wildman–Crippen MR) is 118 cm³/mol. The zero-order valence-corrected chi connectivity index (χ0v) is 18.7. The monoisotopic (exact) mass is 444 g/mol. The molecule has 4 rings (SSSR count). The molecule has 10 heteroatoms. The number of ether oxygens (including phenoxy) is 2. The molecule has 0 spiro atoms. The first kappa shape index (κ1) is 22.0. The number of hydrogen-bond acceptors (Lipinski definition) is 8. The average Bonchev–Trinajstić information content (AvgIpc) is 2.98. The summed E-state index contributed by atoms with van der Waals surface area (Å²) < 4.78 is 25.6. The summed E-state index contributed by atoms with van der Waals surface area (Å²) >= 11 is 0. The molecule has 0 radical (unpaired) electrons. The van der Waals surface area contributed by atoms with E-state index >= 15 is 0 Å². The number of fused-ring (bicyclic) bond motifs is 1. The third-order valence-corrected chi connectivity index (χ3v) is 5.43. The van der Waals surface area contributed by atoms with Gasteiger partial charge in [0.2, 0.25) is 5.75 Å². The molecule has 172 valence electrons. The van der Waals surface area contributed by atoms with Crippen LogP contribution in [0, 0.1) is 5.82 Å². The molecule has 0 atom stereocenters. The topological polar surface area (TPSA) is 92.7 Å². The number of likely N-dealkylation sites (tertiary alicyclic amines) is 1. The molecule has 4 heterocycles. The highest BCUT2D eigenvalue weighted by Crippen LogP contribution is 2.38. The van der Waals surface area contributed by atoms with Gasteiger partial charge in [0.25, 0.3) is 0 Å². The lowest BCUT2D eigenvalue weighted by atomic mass is 10.0. The van der Waals surface area contributed by atoms with Gasteiger partial charge in [-0.05, 0) is 46.1 Å². The molecular weight excluding hydrogens is 415 g/mol. The second-order valence-corrected chi connectivity index (χ2v) is 8.95. The van der Waals surface area contributed by atoms with Gasteiger partial charge in [0.05, 0.1) is 18.5 Å². The lowest BCUT2D eigenvalue weighted by molar-refractivity contribution is 0.0204. The largest absolute Gasteiger partial charge is 0.486 e. The first-order valence-corrected chi connectivity index (χ1v) is 10.9. The zero-order valence-electron chi connectivity index (χ0n) is 18.7. The molecule has 9 nitrogen and oxygen atoms in total. The third-order valence-electron chi connectivity index (χ3n) is 5.43. The Morgan fingerprint density at radius 2 is 2.03 bits per heavy atom. The van der Waals surface area contributed by atoms with E-state index < -0.39 is 11.4 Å². The Morgan fingerprint density at radius 3 is 2.75 bits per heavy atom. The van der Waals surface area contributed by atoms with Gasteiger partial charge in [-0.2, -0.15) is 0 Å². The minimum atomic E-state index is -0.510. The van der Waals surface area contributed by atoms with Gasteiger partial charge >= 0.3 is 6.09 Å². The SMILES string of the molecule is CC(C)(C)OC(=O)N1CCC(N2CCCOc3c(Nc4ccncc4F)ncnc32)CC1. The number of rotatable bonds is 3. The van der Waals surface area contributed by atoms with Gasteiger partial charge in [0.1, 0.15) is 11.9 Å². The van der Waals surface area contributed by atoms with Crippen LogP contribution in [0.1, 0.15) is 40.0 Å². The van der Waals surface area contributed by atoms with Crippen molar-refractivity contribution >= 4 is 23.4 Å². The summed E-state index contributed by atoms with van der Waals surface area (Å²) in [6.45, 7) is 8.14. The Kier molecular flexibility index (Phi) is 6.29. The molecule has 2 aromatic rings. The van der Waals surface area contributed by atoms with Gasteiger partial charge in [-0.1, -0.05) is 0 Å². The van der Waals surface area contributed by atoms with E-state index in [0.29, 0.717) is 37.1 Å². The number of nitrogens with zero attached hydrogens (tertiary/aromatic N) is 5. The average molecular weight is 445 g/mol. The van der Waals surface area contributed by atoms with Gasteiger partial charge in [-0.3, -0.25) is 4.98 Å². The molecule has 1 fully saturated rings. The molecule has 32 heavy (non-hydrogen) atoms. The lowest BCUT2D eigenvalue weighted by Crippen LogP contribution is -2.48. The number of halogens is 1. The summed E-state index contributed by atoms with van der Waals surface area (Å²) in [5.74, 6) is 1.14. The predicted octanol–water partition coefficient (Wildman–Crippen LogP) is 3.74. The number of carbonyl (C=O) groups is 1. The Morgan fingerprint density at radius 1 is 1.25 bits per heavy atom. The minimum Gasteiger partial charge on any atom is -0.486 e. The molecule has 0 aromatic carbocycles. The molecular formula is C22H29FN6O3. The van der Waals surface area contributed by atoms with E-state index in [1.807, 2.05) is 20.8 Å². The maximum Gasteiger partial charge on any atom is 0.410 e. The van der Waals surface area contributed by atoms with E-state index in [1.54, 1.807) is 11.0 Å². The molecule has 1 amide bonds. The lowest BCUT2D eigenvalue weighted by Gasteiger charge is -2.39. The van der Waals surface area contributed by atoms with Crippen LogP contribution < -0.4 is 15.0 Å². The van der Waals surface area contributed by atoms with Crippen molar-refractivity contribution in [2.24, 2.45) is 0 Å². The normalized spacial score (nSPS) is 17.2. The van der Waals surface area contributed by atoms with Crippen LogP contribution >= 0.6 is 0 Å². The van der Waals surface area contributed by atoms with Crippen LogP contribution in [0.5, 0.6) is 5.75 Å². The van der Waals surface area contributed by atoms with Gasteiger partial charge in [0, 0.05) is 31.9 Å². The van der Waals surface area contributed by atoms with Crippen molar-refractivity contribution in [3.8, 4) is 5.75 Å². The number of piperidine rings is 1. The fourth-order valence-corrected chi connectivity index (χ4v) is 3.95. The minimum absolute atomic E-state index is 0.203. The van der Waals surface area contributed by atoms with Crippen molar-refractivity contribution in [2.75, 3.05) is 36.5 Å². The number of amides is 1. The first-order valence-electron chi connectivity index (χ1n) is 10.9. The maximum absolute atomic E-state index is 14.1. The maximum atomic E-state index is 14.1. The summed E-state index contributed by atoms with van der Waals surface area (Å²) in [5.41, 5.74) is -0.241. The van der Waals surface area contributed by atoms with E-state index in [2.05, 4.69) is 25.2 Å². The Hall–Kier alpha value is -3.17. The van der Waals surface area contributed by atoms with E-state index in [0.717, 1.165) is 32.0 Å². The highest BCUT2D eigenvalue weighted by atomic mass is 19.1. The van der Waals surface area contributed by atoms with Crippen molar-refractivity contribution in [2.45, 2.75) is 51.7 Å². The van der Waals surface area contributed by atoms with Gasteiger partial charge in [0.15, 0.2) is 17.5 Å². The van der Waals surface area contributed by atoms with Crippen LogP contribution in [0.15, 0.2) is 24.8 Å². The van der Waals surface area contributed by atoms with Gasteiger partial charge in [-0.15, -0.1) is 0 Å². The second kappa shape index (κ2) is 9.13. The number of anilines is 3. The number of hydrogen-bond donors (Lipinski definition) is 1. The van der Waals surface area contributed by atoms with Crippen molar-refractivity contribution in [1.29, 1.82) is 0 Å². The molecule has 0 unspecified atom stereocenters. The van der Waals surface area contributed by atoms with E-state index in [1.165, 1.54) is 12.5 Å². The Labute approximate surface area is 187 Å². The molecule has 0 aliphatic carbocycles. The van der Waals surface area contributed by atoms with Crippen LogP contribution in [0.4, 0.5) is 26.5 Å². The number of nitrogens with one attached hydrogen (secondary N) is 1. The first-order chi connectivity index (χ1) is 15.3. The summed E-state index contributed by atoms with van der Waals surface area (Å²) in [5, 5.41) is 3.01. The van der Waals surface area contributed by atoms with Crippen LogP contribution in [-0.4, -0.2) is 63.8 Å². The smallest absolute Gasteiger partial charge is 0.410 e. The standard InChI is InChI=1S/C22H29FN6O3/c1-22(2,3)32-21(30)28-10-6-15(7-11-28)29-9-4-12-31-18-19(25-14-26-20(18)29)27-17-5-8-24-13-16(17)23/h5,8,13-15H,4,6-7,9-12H2,1-3H3,(H,24,25,26,27). The number of aromatic nitrogens is 3. The fourth-order valence-electron chi connectivity index (χ4n) is 3.95. The highest BCUT2D eigenvalue weighted by Gasteiger charge is 2.33. The Bertz CT molecular complexity index is 959. The van der Waals surface area contributed by atoms with Gasteiger partial charge < -0.3 is 24.6 Å². The molecule has 2 aliphatic rings. The van der Waals surface area contributed by atoms with E-state index in [-0.39, 0.29) is 17.8 Å². The van der Waals surface area contributed by atoms with E-state index in [4.69, 9.17) is 9.47 Å². The second-order valence-electron chi connectivity index (χ2n) is 8.95. The number of pyridine rings is 1. The molecule has 1 N–H and O–H groups in total. The fraction of sp³-hybridized carbons (Fsp3) is 0.545. The number of carbonyl (C=O) groups excluding carboxylic acids is 1. The summed E-state index contributed by atoms with van der Waals surface area (Å²) in [6.07, 6.45) is 6.26. The summed E-state index contributed by atoms with van der Waals surface area (Å²) in [4.78, 5) is 29.0. The van der Waals surface area contributed by atoms with Crippen molar-refractivity contribution in [1.82, 2.24) is 19.9 Å². The molecule has 2 aromatic heterocycles. The molecule has 0 bridgehead atoms. The Balaban J connectivity index is 1.50. The van der Waals surface area contributed by atoms with Crippen LogP contribution in [0.2, 0.25) is 0 Å². The van der Waals surface area contributed by atoms with Crippen LogP contribution in [0.25, 0.3) is 0 Å². The van der Waals surface area contributed by atoms with E-state index in [9.17, 15) is 9.18 Å². The van der Waals surface area contributed by atoms with Gasteiger partial charge in [-0.25, -0.2) is 19.2 Å². The van der Waals surface area contributed by atoms with Crippen LogP contribution in [0.3, 0.4) is 0 Å². The zero-order chi connectivity index (χ0) is 22.7. The quantitative estimate of drug-likeness (QED) is 0.765. The summed E-state index contributed by atoms with van der Waals surface area (Å²) in [6, 6.07) is 1.75. The third kappa shape index (κ3) is 5.00. The van der Waals surface area contributed by atoms with Crippen molar-refractivity contribution in [3.05, 3.63) is 30.6 Å². The van der Waals surface area contributed by atoms with Crippen molar-refractivity contribution in [3.63, 3.8) is 0 Å². The summed E-state index contributed by atoms with van der Waals surface area (Å²) in [7, 11) is 0. The molecule has 1 saturated heterocycles. The molecule has 2 aliphatic heterocycles. The van der Waals surface area contributed by atoms with Crippen molar-refractivity contribution < 1.29 is 18.7 Å². The molecule has 0 saturated carbocycles. The highest BCUT2D eigenvalue weighted by molar-refractivity contribution is 5.71.